The van der Waals surface area contributed by atoms with Crippen molar-refractivity contribution in [3.63, 3.8) is 0 Å². The lowest BCUT2D eigenvalue weighted by Gasteiger charge is -2.31. The van der Waals surface area contributed by atoms with Crippen LogP contribution in [-0.4, -0.2) is 82.2 Å². The Labute approximate surface area is 158 Å². The van der Waals surface area contributed by atoms with Crippen molar-refractivity contribution in [2.75, 3.05) is 66.5 Å². The topological polar surface area (TPSA) is 60.5 Å². The predicted octanol–water partition coefficient (Wildman–Crippen LogP) is 1.62. The van der Waals surface area contributed by atoms with Crippen molar-refractivity contribution in [2.45, 2.75) is 5.37 Å². The Morgan fingerprint density at radius 3 is 2.31 bits per heavy atom. The molecule has 0 bridgehead atoms. The van der Waals surface area contributed by atoms with Crippen LogP contribution in [0.2, 0.25) is 0 Å². The monoisotopic (exact) mass is 382 g/mol. The van der Waals surface area contributed by atoms with Crippen molar-refractivity contribution in [1.82, 2.24) is 9.80 Å². The molecule has 2 heterocycles. The van der Waals surface area contributed by atoms with Gasteiger partial charge in [-0.15, -0.1) is 11.8 Å². The van der Waals surface area contributed by atoms with E-state index < -0.39 is 0 Å². The molecule has 2 aliphatic rings. The van der Waals surface area contributed by atoms with Crippen LogP contribution in [0.4, 0.5) is 0 Å². The number of nitrogens with zero attached hydrogens (tertiary/aromatic N) is 2. The Balaban J connectivity index is 1.78. The number of thioether (sulfide) groups is 1. The maximum atomic E-state index is 12.4. The van der Waals surface area contributed by atoms with Gasteiger partial charge in [0.25, 0.3) is 0 Å². The predicted molar refractivity (Wildman–Crippen MR) is 100 cm³/mol. The van der Waals surface area contributed by atoms with Crippen LogP contribution in [0.25, 0.3) is 0 Å². The van der Waals surface area contributed by atoms with Gasteiger partial charge in [0.05, 0.1) is 40.3 Å². The van der Waals surface area contributed by atoms with Crippen molar-refractivity contribution < 1.29 is 23.7 Å². The summed E-state index contributed by atoms with van der Waals surface area (Å²) >= 11 is 1.63. The Bertz CT molecular complexity index is 611. The molecular formula is C18H26N2O5S. The molecule has 1 aromatic rings. The molecule has 8 heteroatoms. The quantitative estimate of drug-likeness (QED) is 0.710. The molecule has 0 saturated carbocycles. The maximum Gasteiger partial charge on any atom is 0.233 e. The van der Waals surface area contributed by atoms with E-state index in [9.17, 15) is 4.79 Å². The van der Waals surface area contributed by atoms with Crippen LogP contribution >= 0.6 is 11.8 Å². The summed E-state index contributed by atoms with van der Waals surface area (Å²) in [4.78, 5) is 16.7. The summed E-state index contributed by atoms with van der Waals surface area (Å²) in [5, 5.41) is -0.0442. The molecular weight excluding hydrogens is 356 g/mol. The van der Waals surface area contributed by atoms with Gasteiger partial charge in [0.15, 0.2) is 11.5 Å². The summed E-state index contributed by atoms with van der Waals surface area (Å²) in [7, 11) is 4.79. The van der Waals surface area contributed by atoms with E-state index in [0.717, 1.165) is 38.4 Å². The van der Waals surface area contributed by atoms with Crippen LogP contribution in [0.1, 0.15) is 10.9 Å². The fourth-order valence-corrected chi connectivity index (χ4v) is 4.49. The van der Waals surface area contributed by atoms with Crippen molar-refractivity contribution in [3.8, 4) is 17.2 Å². The first-order chi connectivity index (χ1) is 12.7. The van der Waals surface area contributed by atoms with Crippen molar-refractivity contribution in [3.05, 3.63) is 17.7 Å². The molecule has 0 radical (unpaired) electrons. The number of carbonyl (C=O) groups excluding carboxylic acids is 1. The maximum absolute atomic E-state index is 12.4. The Kier molecular flexibility index (Phi) is 6.50. The number of amides is 1. The van der Waals surface area contributed by atoms with Crippen molar-refractivity contribution in [1.29, 1.82) is 0 Å². The van der Waals surface area contributed by atoms with Gasteiger partial charge in [-0.2, -0.15) is 0 Å². The molecule has 2 aliphatic heterocycles. The third kappa shape index (κ3) is 4.02. The van der Waals surface area contributed by atoms with Crippen LogP contribution in [0, 0.1) is 0 Å². The number of morpholine rings is 1. The molecule has 144 valence electrons. The number of methoxy groups -OCH3 is 3. The molecule has 3 rings (SSSR count). The van der Waals surface area contributed by atoms with E-state index in [1.807, 2.05) is 17.0 Å². The highest BCUT2D eigenvalue weighted by Gasteiger charge is 2.34. The normalized spacial score (nSPS) is 21.1. The molecule has 2 fully saturated rings. The lowest BCUT2D eigenvalue weighted by molar-refractivity contribution is -0.128. The summed E-state index contributed by atoms with van der Waals surface area (Å²) in [6.45, 7) is 4.93. The van der Waals surface area contributed by atoms with Crippen LogP contribution in [-0.2, 0) is 9.53 Å². The summed E-state index contributed by atoms with van der Waals surface area (Å²) in [5.74, 6) is 2.43. The number of hydrogen-bond donors (Lipinski definition) is 0. The zero-order valence-electron chi connectivity index (χ0n) is 15.5. The zero-order valence-corrected chi connectivity index (χ0v) is 16.3. The SMILES string of the molecule is COc1cc([C@H]2SCC(=O)N2CCN2CCOCC2)cc(OC)c1OC. The van der Waals surface area contributed by atoms with Crippen LogP contribution in [0.5, 0.6) is 17.2 Å². The minimum Gasteiger partial charge on any atom is -0.493 e. The molecule has 0 aromatic heterocycles. The van der Waals surface area contributed by atoms with Crippen LogP contribution < -0.4 is 14.2 Å². The third-order valence-electron chi connectivity index (χ3n) is 4.70. The molecule has 0 unspecified atom stereocenters. The average Bonchev–Trinajstić information content (AvgIpc) is 3.06. The molecule has 1 amide bonds. The molecule has 0 aliphatic carbocycles. The first kappa shape index (κ1) is 19.1. The first-order valence-electron chi connectivity index (χ1n) is 8.69. The van der Waals surface area contributed by atoms with E-state index in [0.29, 0.717) is 29.5 Å². The minimum atomic E-state index is -0.0442. The Hall–Kier alpha value is -1.64. The first-order valence-corrected chi connectivity index (χ1v) is 9.74. The van der Waals surface area contributed by atoms with Gasteiger partial charge in [-0.3, -0.25) is 9.69 Å². The average molecular weight is 382 g/mol. The fraction of sp³-hybridized carbons (Fsp3) is 0.611. The van der Waals surface area contributed by atoms with Crippen molar-refractivity contribution >= 4 is 17.7 Å². The van der Waals surface area contributed by atoms with Gasteiger partial charge in [0, 0.05) is 26.2 Å². The number of hydrogen-bond acceptors (Lipinski definition) is 7. The van der Waals surface area contributed by atoms with E-state index in [4.69, 9.17) is 18.9 Å². The van der Waals surface area contributed by atoms with Gasteiger partial charge in [0.1, 0.15) is 5.37 Å². The van der Waals surface area contributed by atoms with E-state index in [2.05, 4.69) is 4.90 Å². The summed E-state index contributed by atoms with van der Waals surface area (Å²) in [5.41, 5.74) is 0.984. The van der Waals surface area contributed by atoms with E-state index >= 15 is 0 Å². The Morgan fingerprint density at radius 1 is 1.08 bits per heavy atom. The molecule has 1 atom stereocenters. The second kappa shape index (κ2) is 8.83. The summed E-state index contributed by atoms with van der Waals surface area (Å²) in [6, 6.07) is 3.86. The lowest BCUT2D eigenvalue weighted by Crippen LogP contribution is -2.42. The highest BCUT2D eigenvalue weighted by Crippen LogP contribution is 2.45. The van der Waals surface area contributed by atoms with Gasteiger partial charge in [-0.05, 0) is 17.7 Å². The number of ether oxygens (including phenoxy) is 4. The van der Waals surface area contributed by atoms with Crippen molar-refractivity contribution in [2.24, 2.45) is 0 Å². The zero-order chi connectivity index (χ0) is 18.5. The summed E-state index contributed by atoms with van der Waals surface area (Å²) in [6.07, 6.45) is 0. The second-order valence-electron chi connectivity index (χ2n) is 6.16. The molecule has 26 heavy (non-hydrogen) atoms. The molecule has 1 aromatic carbocycles. The van der Waals surface area contributed by atoms with Gasteiger partial charge in [0.2, 0.25) is 11.7 Å². The fourth-order valence-electron chi connectivity index (χ4n) is 3.29. The smallest absolute Gasteiger partial charge is 0.233 e. The number of rotatable bonds is 7. The molecule has 0 spiro atoms. The van der Waals surface area contributed by atoms with E-state index in [1.54, 1.807) is 33.1 Å². The standard InChI is InChI=1S/C18H26N2O5S/c1-22-14-10-13(11-15(23-2)17(14)24-3)18-20(16(21)12-26-18)5-4-19-6-8-25-9-7-19/h10-11,18H,4-9,12H2,1-3H3/t18-/m1/s1. The van der Waals surface area contributed by atoms with Gasteiger partial charge >= 0.3 is 0 Å². The molecule has 0 N–H and O–H groups in total. The van der Waals surface area contributed by atoms with Crippen LogP contribution in [0.3, 0.4) is 0 Å². The number of benzene rings is 1. The molecule has 7 nitrogen and oxygen atoms in total. The highest BCUT2D eigenvalue weighted by atomic mass is 32.2. The third-order valence-corrected chi connectivity index (χ3v) is 5.96. The minimum absolute atomic E-state index is 0.0442. The van der Waals surface area contributed by atoms with E-state index in [-0.39, 0.29) is 11.3 Å². The van der Waals surface area contributed by atoms with Crippen LogP contribution in [0.15, 0.2) is 12.1 Å². The highest BCUT2D eigenvalue weighted by molar-refractivity contribution is 8.00. The Morgan fingerprint density at radius 2 is 1.73 bits per heavy atom. The summed E-state index contributed by atoms with van der Waals surface area (Å²) < 4.78 is 21.7. The van der Waals surface area contributed by atoms with Gasteiger partial charge in [-0.25, -0.2) is 0 Å². The number of carbonyl (C=O) groups is 1. The molecule has 2 saturated heterocycles. The largest absolute Gasteiger partial charge is 0.493 e. The van der Waals surface area contributed by atoms with Gasteiger partial charge in [-0.1, -0.05) is 0 Å². The lowest BCUT2D eigenvalue weighted by atomic mass is 10.1. The second-order valence-corrected chi connectivity index (χ2v) is 7.23. The van der Waals surface area contributed by atoms with E-state index in [1.165, 1.54) is 0 Å². The van der Waals surface area contributed by atoms with Gasteiger partial charge < -0.3 is 23.8 Å².